The van der Waals surface area contributed by atoms with Gasteiger partial charge in [-0.3, -0.25) is 0 Å². The molecule has 19 heavy (non-hydrogen) atoms. The Hall–Kier alpha value is -1.37. The molecule has 0 aliphatic carbocycles. The van der Waals surface area contributed by atoms with Gasteiger partial charge in [0, 0.05) is 5.56 Å². The Morgan fingerprint density at radius 3 is 2.26 bits per heavy atom. The molecule has 0 spiro atoms. The second-order valence-corrected chi connectivity index (χ2v) is 5.03. The molecule has 2 aromatic heterocycles. The Morgan fingerprint density at radius 1 is 1.21 bits per heavy atom. The van der Waals surface area contributed by atoms with Crippen LogP contribution in [0.1, 0.15) is 30.8 Å². The fourth-order valence-electron chi connectivity index (χ4n) is 1.70. The SMILES string of the molecule is Cc1cc(C(C)(C)F)c(Cl)n2nc(C(F)(F)F)nc12. The summed E-state index contributed by atoms with van der Waals surface area (Å²) in [7, 11) is 0. The average molecular weight is 296 g/mol. The van der Waals surface area contributed by atoms with Gasteiger partial charge in [-0.2, -0.15) is 13.2 Å². The summed E-state index contributed by atoms with van der Waals surface area (Å²) in [5.41, 5.74) is -1.39. The summed E-state index contributed by atoms with van der Waals surface area (Å²) in [4.78, 5) is 3.39. The van der Waals surface area contributed by atoms with Crippen LogP contribution in [-0.4, -0.2) is 14.6 Å². The summed E-state index contributed by atoms with van der Waals surface area (Å²) in [5.74, 6) is -1.30. The van der Waals surface area contributed by atoms with Crippen LogP contribution in [-0.2, 0) is 11.8 Å². The maximum absolute atomic E-state index is 14.0. The number of hydrogen-bond acceptors (Lipinski definition) is 2. The zero-order valence-electron chi connectivity index (χ0n) is 10.3. The molecule has 0 aliphatic rings. The minimum Gasteiger partial charge on any atom is -0.239 e. The zero-order chi connectivity index (χ0) is 14.6. The topological polar surface area (TPSA) is 30.2 Å². The number of aryl methyl sites for hydroxylation is 1. The van der Waals surface area contributed by atoms with Crippen LogP contribution in [0.3, 0.4) is 0 Å². The minimum absolute atomic E-state index is 0.0367. The van der Waals surface area contributed by atoms with E-state index in [0.29, 0.717) is 5.56 Å². The van der Waals surface area contributed by atoms with Crippen molar-refractivity contribution >= 4 is 17.2 Å². The van der Waals surface area contributed by atoms with Crippen LogP contribution < -0.4 is 0 Å². The molecule has 0 atom stereocenters. The number of aromatic nitrogens is 3. The Balaban J connectivity index is 2.79. The molecule has 0 aliphatic heterocycles. The molecule has 0 unspecified atom stereocenters. The van der Waals surface area contributed by atoms with Crippen molar-refractivity contribution in [2.24, 2.45) is 0 Å². The van der Waals surface area contributed by atoms with E-state index in [9.17, 15) is 17.6 Å². The fourth-order valence-corrected chi connectivity index (χ4v) is 2.09. The molecule has 2 rings (SSSR count). The Kier molecular flexibility index (Phi) is 3.00. The lowest BCUT2D eigenvalue weighted by Crippen LogP contribution is -2.13. The highest BCUT2D eigenvalue weighted by molar-refractivity contribution is 6.30. The summed E-state index contributed by atoms with van der Waals surface area (Å²) in [6, 6.07) is 1.38. The lowest BCUT2D eigenvalue weighted by Gasteiger charge is -2.17. The molecule has 0 fully saturated rings. The maximum atomic E-state index is 14.0. The molecular weight excluding hydrogens is 286 g/mol. The van der Waals surface area contributed by atoms with Gasteiger partial charge in [0.25, 0.3) is 5.82 Å². The van der Waals surface area contributed by atoms with Gasteiger partial charge in [-0.15, -0.1) is 5.10 Å². The number of fused-ring (bicyclic) bond motifs is 1. The van der Waals surface area contributed by atoms with Crippen molar-refractivity contribution in [3.05, 3.63) is 28.2 Å². The van der Waals surface area contributed by atoms with Crippen LogP contribution in [0, 0.1) is 6.92 Å². The van der Waals surface area contributed by atoms with Crippen molar-refractivity contribution in [1.29, 1.82) is 0 Å². The van der Waals surface area contributed by atoms with Gasteiger partial charge in [0.15, 0.2) is 5.65 Å². The molecule has 3 nitrogen and oxygen atoms in total. The summed E-state index contributed by atoms with van der Waals surface area (Å²) < 4.78 is 52.5. The molecule has 0 N–H and O–H groups in total. The van der Waals surface area contributed by atoms with E-state index in [0.717, 1.165) is 4.52 Å². The first-order valence-corrected chi connectivity index (χ1v) is 5.72. The number of alkyl halides is 4. The van der Waals surface area contributed by atoms with E-state index in [1.165, 1.54) is 26.8 Å². The number of hydrogen-bond donors (Lipinski definition) is 0. The number of halogens is 5. The standard InChI is InChI=1S/C11H10ClF4N3/c1-5-4-6(10(2,3)13)7(12)19-8(5)17-9(18-19)11(14,15)16/h4H,1-3H3. The van der Waals surface area contributed by atoms with Gasteiger partial charge >= 0.3 is 6.18 Å². The molecule has 0 amide bonds. The summed E-state index contributed by atoms with van der Waals surface area (Å²) >= 11 is 5.91. The third-order valence-corrected chi connectivity index (χ3v) is 2.99. The predicted molar refractivity (Wildman–Crippen MR) is 61.9 cm³/mol. The maximum Gasteiger partial charge on any atom is 0.453 e. The highest BCUT2D eigenvalue weighted by atomic mass is 35.5. The van der Waals surface area contributed by atoms with Crippen molar-refractivity contribution in [2.75, 3.05) is 0 Å². The molecule has 0 saturated heterocycles. The zero-order valence-corrected chi connectivity index (χ0v) is 11.1. The van der Waals surface area contributed by atoms with Gasteiger partial charge in [0.2, 0.25) is 0 Å². The van der Waals surface area contributed by atoms with Gasteiger partial charge in [-0.05, 0) is 32.4 Å². The highest BCUT2D eigenvalue weighted by Gasteiger charge is 2.37. The van der Waals surface area contributed by atoms with Gasteiger partial charge < -0.3 is 0 Å². The summed E-state index contributed by atoms with van der Waals surface area (Å²) in [6.45, 7) is 4.05. The molecule has 0 saturated carbocycles. The lowest BCUT2D eigenvalue weighted by atomic mass is 10.0. The highest BCUT2D eigenvalue weighted by Crippen LogP contribution is 2.34. The second-order valence-electron chi connectivity index (χ2n) is 4.67. The first-order valence-electron chi connectivity index (χ1n) is 5.34. The van der Waals surface area contributed by atoms with Crippen LogP contribution in [0.15, 0.2) is 6.07 Å². The second kappa shape index (κ2) is 4.06. The quantitative estimate of drug-likeness (QED) is 0.590. The van der Waals surface area contributed by atoms with Gasteiger partial charge in [0.1, 0.15) is 10.8 Å². The van der Waals surface area contributed by atoms with Crippen LogP contribution >= 0.6 is 11.6 Å². The molecule has 2 heterocycles. The van der Waals surface area contributed by atoms with Gasteiger partial charge in [-0.25, -0.2) is 13.9 Å². The van der Waals surface area contributed by atoms with E-state index in [-0.39, 0.29) is 16.4 Å². The Morgan fingerprint density at radius 2 is 1.79 bits per heavy atom. The van der Waals surface area contributed by atoms with Crippen molar-refractivity contribution in [3.63, 3.8) is 0 Å². The van der Waals surface area contributed by atoms with Gasteiger partial charge in [0.05, 0.1) is 0 Å². The van der Waals surface area contributed by atoms with Crippen LogP contribution in [0.5, 0.6) is 0 Å². The predicted octanol–water partition coefficient (Wildman–Crippen LogP) is 3.91. The first-order chi connectivity index (χ1) is 8.51. The molecule has 2 aromatic rings. The van der Waals surface area contributed by atoms with Crippen molar-refractivity contribution in [1.82, 2.24) is 14.6 Å². The van der Waals surface area contributed by atoms with Crippen molar-refractivity contribution < 1.29 is 17.6 Å². The van der Waals surface area contributed by atoms with E-state index in [2.05, 4.69) is 10.1 Å². The average Bonchev–Trinajstić information content (AvgIpc) is 2.66. The minimum atomic E-state index is -4.67. The molecule has 0 aromatic carbocycles. The third-order valence-electron chi connectivity index (χ3n) is 2.62. The molecule has 8 heteroatoms. The van der Waals surface area contributed by atoms with E-state index in [1.807, 2.05) is 0 Å². The summed E-state index contributed by atoms with van der Waals surface area (Å²) in [6.07, 6.45) is -4.67. The molecular formula is C11H10ClF4N3. The Labute approximate surface area is 111 Å². The largest absolute Gasteiger partial charge is 0.453 e. The third kappa shape index (κ3) is 2.39. The van der Waals surface area contributed by atoms with E-state index in [1.54, 1.807) is 0 Å². The number of pyridine rings is 1. The smallest absolute Gasteiger partial charge is 0.239 e. The first kappa shape index (κ1) is 14.0. The Bertz CT molecular complexity index is 640. The van der Waals surface area contributed by atoms with Crippen LogP contribution in [0.4, 0.5) is 17.6 Å². The van der Waals surface area contributed by atoms with E-state index in [4.69, 9.17) is 11.6 Å². The lowest BCUT2D eigenvalue weighted by molar-refractivity contribution is -0.144. The van der Waals surface area contributed by atoms with Crippen LogP contribution in [0.2, 0.25) is 5.15 Å². The van der Waals surface area contributed by atoms with E-state index >= 15 is 0 Å². The summed E-state index contributed by atoms with van der Waals surface area (Å²) in [5, 5.41) is 3.09. The van der Waals surface area contributed by atoms with E-state index < -0.39 is 17.7 Å². The van der Waals surface area contributed by atoms with Crippen molar-refractivity contribution in [2.45, 2.75) is 32.6 Å². The monoisotopic (exact) mass is 295 g/mol. The molecule has 0 bridgehead atoms. The number of rotatable bonds is 1. The number of nitrogens with zero attached hydrogens (tertiary/aromatic N) is 3. The molecule has 0 radical (unpaired) electrons. The normalized spacial score (nSPS) is 13.3. The molecule has 104 valence electrons. The van der Waals surface area contributed by atoms with Gasteiger partial charge in [-0.1, -0.05) is 11.6 Å². The fraction of sp³-hybridized carbons (Fsp3) is 0.455. The van der Waals surface area contributed by atoms with Crippen LogP contribution in [0.25, 0.3) is 5.65 Å². The van der Waals surface area contributed by atoms with Crippen molar-refractivity contribution in [3.8, 4) is 0 Å².